The van der Waals surface area contributed by atoms with Gasteiger partial charge in [0.2, 0.25) is 11.8 Å². The van der Waals surface area contributed by atoms with Crippen molar-refractivity contribution >= 4 is 34.4 Å². The van der Waals surface area contributed by atoms with Crippen molar-refractivity contribution in [3.63, 3.8) is 0 Å². The number of rotatable bonds is 23. The number of nitrogens with two attached hydrogens (primary N) is 1. The summed E-state index contributed by atoms with van der Waals surface area (Å²) < 4.78 is 13.4. The Morgan fingerprint density at radius 1 is 0.612 bits per heavy atom. The van der Waals surface area contributed by atoms with E-state index < -0.39 is 0 Å². The molecule has 2 aromatic heterocycles. The van der Waals surface area contributed by atoms with Crippen LogP contribution in [0.3, 0.4) is 0 Å². The Morgan fingerprint density at radius 3 is 1.51 bits per heavy atom. The first kappa shape index (κ1) is 40.2. The largest absolute Gasteiger partial charge is 0.437 e. The van der Waals surface area contributed by atoms with Crippen LogP contribution in [0, 0.1) is 0 Å². The molecule has 0 fully saturated rings. The zero-order chi connectivity index (χ0) is 35.5. The van der Waals surface area contributed by atoms with Crippen molar-refractivity contribution in [2.45, 2.75) is 97.3 Å². The number of unbranched alkanes of at least 4 members (excludes halogenated alkanes) is 6. The quantitative estimate of drug-likeness (QED) is 0.0627. The molecule has 0 aliphatic heterocycles. The van der Waals surface area contributed by atoms with E-state index in [2.05, 4.69) is 82.4 Å². The SMILES string of the molecule is C=Cc1nc2cc(CCC[N+](C)(C)CCCN)ccc2o1.C=Cc1nc2cc(CCC[N+](C)(CCCCCC)CCCCCC)ccc2o1. The number of benzene rings is 2. The summed E-state index contributed by atoms with van der Waals surface area (Å²) in [6.07, 6.45) is 19.9. The maximum absolute atomic E-state index is 5.63. The van der Waals surface area contributed by atoms with Crippen LogP contribution in [-0.2, 0) is 12.8 Å². The normalized spacial score (nSPS) is 12.0. The van der Waals surface area contributed by atoms with Crippen LogP contribution in [0.25, 0.3) is 34.4 Å². The van der Waals surface area contributed by atoms with Crippen LogP contribution in [0.2, 0.25) is 0 Å². The van der Waals surface area contributed by atoms with E-state index in [4.69, 9.17) is 14.6 Å². The highest BCUT2D eigenvalue weighted by Gasteiger charge is 2.20. The van der Waals surface area contributed by atoms with E-state index >= 15 is 0 Å². The molecule has 2 heterocycles. The summed E-state index contributed by atoms with van der Waals surface area (Å²) in [7, 11) is 7.02. The highest BCUT2D eigenvalue weighted by atomic mass is 16.4. The van der Waals surface area contributed by atoms with Crippen molar-refractivity contribution < 1.29 is 17.8 Å². The summed E-state index contributed by atoms with van der Waals surface area (Å²) in [5.74, 6) is 1.19. The third kappa shape index (κ3) is 14.2. The van der Waals surface area contributed by atoms with Crippen molar-refractivity contribution in [3.8, 4) is 0 Å². The van der Waals surface area contributed by atoms with Gasteiger partial charge in [0.1, 0.15) is 11.0 Å². The molecule has 0 radical (unpaired) electrons. The van der Waals surface area contributed by atoms with Gasteiger partial charge in [-0.3, -0.25) is 0 Å². The first-order chi connectivity index (χ1) is 23.6. The Kier molecular flexibility index (Phi) is 17.3. The van der Waals surface area contributed by atoms with Gasteiger partial charge in [-0.05, 0) is 92.6 Å². The zero-order valence-corrected chi connectivity index (χ0v) is 31.7. The monoisotopic (exact) mass is 674 g/mol. The lowest BCUT2D eigenvalue weighted by atomic mass is 10.1. The third-order valence-electron chi connectivity index (χ3n) is 9.75. The molecule has 49 heavy (non-hydrogen) atoms. The van der Waals surface area contributed by atoms with Crippen molar-refractivity contribution in [1.29, 1.82) is 0 Å². The van der Waals surface area contributed by atoms with Crippen molar-refractivity contribution in [2.75, 3.05) is 60.4 Å². The van der Waals surface area contributed by atoms with E-state index in [1.807, 2.05) is 12.1 Å². The molecule has 4 aromatic rings. The second-order valence-corrected chi connectivity index (χ2v) is 14.8. The van der Waals surface area contributed by atoms with Gasteiger partial charge in [-0.2, -0.15) is 0 Å². The van der Waals surface area contributed by atoms with Crippen LogP contribution in [0.1, 0.15) is 107 Å². The Balaban J connectivity index is 0.000000276. The molecule has 0 unspecified atom stereocenters. The summed E-state index contributed by atoms with van der Waals surface area (Å²) in [6, 6.07) is 12.7. The smallest absolute Gasteiger partial charge is 0.219 e. The van der Waals surface area contributed by atoms with Crippen LogP contribution in [0.15, 0.2) is 58.4 Å². The molecule has 0 aliphatic rings. The second kappa shape index (κ2) is 21.1. The van der Waals surface area contributed by atoms with Crippen molar-refractivity contribution in [2.24, 2.45) is 5.73 Å². The van der Waals surface area contributed by atoms with E-state index in [-0.39, 0.29) is 0 Å². The van der Waals surface area contributed by atoms with E-state index in [1.54, 1.807) is 12.2 Å². The summed E-state index contributed by atoms with van der Waals surface area (Å²) in [5, 5.41) is 0. The lowest BCUT2D eigenvalue weighted by Gasteiger charge is -2.35. The fourth-order valence-corrected chi connectivity index (χ4v) is 6.65. The average Bonchev–Trinajstić information content (AvgIpc) is 3.71. The van der Waals surface area contributed by atoms with Gasteiger partial charge < -0.3 is 23.5 Å². The first-order valence-corrected chi connectivity index (χ1v) is 19.0. The average molecular weight is 674 g/mol. The van der Waals surface area contributed by atoms with Gasteiger partial charge in [-0.1, -0.05) is 64.8 Å². The number of quaternary nitrogens is 2. The first-order valence-electron chi connectivity index (χ1n) is 19.0. The molecule has 0 saturated carbocycles. The lowest BCUT2D eigenvalue weighted by molar-refractivity contribution is -0.910. The molecule has 2 aromatic carbocycles. The second-order valence-electron chi connectivity index (χ2n) is 14.8. The molecule has 7 nitrogen and oxygen atoms in total. The molecule has 2 N–H and O–H groups in total. The van der Waals surface area contributed by atoms with Crippen LogP contribution < -0.4 is 5.73 Å². The van der Waals surface area contributed by atoms with Crippen LogP contribution in [0.4, 0.5) is 0 Å². The summed E-state index contributed by atoms with van der Waals surface area (Å²) in [5.41, 5.74) is 11.8. The number of oxazole rings is 2. The molecular weight excluding hydrogens is 606 g/mol. The third-order valence-corrected chi connectivity index (χ3v) is 9.75. The van der Waals surface area contributed by atoms with E-state index in [9.17, 15) is 0 Å². The van der Waals surface area contributed by atoms with E-state index in [0.717, 1.165) is 72.0 Å². The Morgan fingerprint density at radius 2 is 1.06 bits per heavy atom. The molecule has 0 saturated heterocycles. The van der Waals surface area contributed by atoms with E-state index in [1.165, 1.54) is 93.0 Å². The molecule has 0 aliphatic carbocycles. The fourth-order valence-electron chi connectivity index (χ4n) is 6.65. The minimum atomic E-state index is 0.585. The van der Waals surface area contributed by atoms with Crippen molar-refractivity contribution in [3.05, 3.63) is 72.5 Å². The topological polar surface area (TPSA) is 78.1 Å². The number of fused-ring (bicyclic) bond motifs is 2. The standard InChI is InChI=1S/C25H41N2O.C17H26N3O/c1-5-8-10-12-18-27(4,19-13-11-9-6-2)20-14-15-22-16-17-24-23(21-22)26-25(7-3)28-24;1-4-17-19-15-13-14(8-9-16(15)21-17)7-5-11-20(2,3)12-6-10-18/h7,16-17,21H,3,5-6,8-15,18-20H2,1-2,4H3;4,8-9,13H,1,5-7,10-12,18H2,2-3H3/q2*+1. The molecule has 4 rings (SSSR count). The van der Waals surface area contributed by atoms with Gasteiger partial charge in [0.05, 0.1) is 53.9 Å². The van der Waals surface area contributed by atoms with Gasteiger partial charge in [0.15, 0.2) is 11.2 Å². The van der Waals surface area contributed by atoms with Gasteiger partial charge in [-0.25, -0.2) is 9.97 Å². The van der Waals surface area contributed by atoms with Gasteiger partial charge in [0.25, 0.3) is 0 Å². The number of aryl methyl sites for hydroxylation is 2. The Labute approximate surface area is 297 Å². The predicted molar refractivity (Wildman–Crippen MR) is 209 cm³/mol. The van der Waals surface area contributed by atoms with Crippen LogP contribution >= 0.6 is 0 Å². The van der Waals surface area contributed by atoms with Crippen LogP contribution in [-0.4, -0.2) is 79.3 Å². The minimum absolute atomic E-state index is 0.585. The fraction of sp³-hybridized carbons (Fsp3) is 0.571. The van der Waals surface area contributed by atoms with Crippen LogP contribution in [0.5, 0.6) is 0 Å². The summed E-state index contributed by atoms with van der Waals surface area (Å²) in [4.78, 5) is 8.86. The number of aromatic nitrogens is 2. The number of nitrogens with zero attached hydrogens (tertiary/aromatic N) is 4. The Hall–Kier alpha value is -3.26. The number of hydrogen-bond donors (Lipinski definition) is 1. The molecule has 0 atom stereocenters. The summed E-state index contributed by atoms with van der Waals surface area (Å²) in [6.45, 7) is 19.0. The summed E-state index contributed by atoms with van der Waals surface area (Å²) >= 11 is 0. The highest BCUT2D eigenvalue weighted by Crippen LogP contribution is 2.21. The Bertz CT molecular complexity index is 1520. The van der Waals surface area contributed by atoms with Crippen molar-refractivity contribution in [1.82, 2.24) is 9.97 Å². The molecular formula is C42H67N5O2+2. The molecule has 0 bridgehead atoms. The van der Waals surface area contributed by atoms with Gasteiger partial charge in [0, 0.05) is 19.3 Å². The predicted octanol–water partition coefficient (Wildman–Crippen LogP) is 9.84. The van der Waals surface area contributed by atoms with Gasteiger partial charge >= 0.3 is 0 Å². The van der Waals surface area contributed by atoms with Gasteiger partial charge in [-0.15, -0.1) is 0 Å². The molecule has 0 spiro atoms. The highest BCUT2D eigenvalue weighted by molar-refractivity contribution is 5.75. The zero-order valence-electron chi connectivity index (χ0n) is 31.7. The maximum Gasteiger partial charge on any atom is 0.219 e. The molecule has 270 valence electrons. The maximum atomic E-state index is 5.63. The van der Waals surface area contributed by atoms with E-state index in [0.29, 0.717) is 11.8 Å². The molecule has 0 amide bonds. The number of hydrogen-bond acceptors (Lipinski definition) is 5. The lowest BCUT2D eigenvalue weighted by Crippen LogP contribution is -2.46. The minimum Gasteiger partial charge on any atom is -0.437 e. The molecule has 7 heteroatoms.